The van der Waals surface area contributed by atoms with Gasteiger partial charge in [-0.3, -0.25) is 14.2 Å². The van der Waals surface area contributed by atoms with Crippen LogP contribution in [-0.2, 0) is 6.42 Å². The molecule has 1 aliphatic carbocycles. The third-order valence-corrected chi connectivity index (χ3v) is 6.97. The summed E-state index contributed by atoms with van der Waals surface area (Å²) in [7, 11) is 0. The molecule has 0 N–H and O–H groups in total. The molecule has 2 heterocycles. The van der Waals surface area contributed by atoms with Crippen molar-refractivity contribution in [2.75, 3.05) is 26.3 Å². The van der Waals surface area contributed by atoms with Crippen molar-refractivity contribution in [1.82, 2.24) is 10.1 Å². The molecule has 0 bridgehead atoms. The Kier molecular flexibility index (Phi) is 7.13. The van der Waals surface area contributed by atoms with Crippen LogP contribution in [-0.4, -0.2) is 42.5 Å². The highest BCUT2D eigenvalue weighted by Crippen LogP contribution is 2.42. The summed E-state index contributed by atoms with van der Waals surface area (Å²) in [4.78, 5) is 6.27. The molecule has 1 fully saturated rings. The standard InChI is InChI=1S/C28H30F2N2O3/c1-19-27(17-31-35-19)26-5-2-4-21-16-23(34-30)10-11-25(21)28(26)20-6-8-22(9-7-20)33-24-12-15-32(18-24)14-3-13-29/h6-11,16-17,24H,2-5,12-15,18H2,1H3/t24-/m0/s1. The van der Waals surface area contributed by atoms with Gasteiger partial charge in [0.15, 0.2) is 5.75 Å². The van der Waals surface area contributed by atoms with Gasteiger partial charge < -0.3 is 9.26 Å². The minimum absolute atomic E-state index is 0.118. The molecule has 1 aliphatic heterocycles. The smallest absolute Gasteiger partial charge is 0.172 e. The van der Waals surface area contributed by atoms with Gasteiger partial charge in [0.05, 0.1) is 12.9 Å². The Morgan fingerprint density at radius 1 is 1.09 bits per heavy atom. The van der Waals surface area contributed by atoms with Crippen LogP contribution in [0, 0.1) is 6.92 Å². The lowest BCUT2D eigenvalue weighted by atomic mass is 9.88. The maximum absolute atomic E-state index is 12.9. The van der Waals surface area contributed by atoms with Gasteiger partial charge in [0.1, 0.15) is 17.6 Å². The van der Waals surface area contributed by atoms with Crippen molar-refractivity contribution in [2.24, 2.45) is 0 Å². The highest BCUT2D eigenvalue weighted by Gasteiger charge is 2.25. The number of rotatable bonds is 8. The fourth-order valence-electron chi connectivity index (χ4n) is 5.27. The van der Waals surface area contributed by atoms with E-state index in [2.05, 4.69) is 27.1 Å². The zero-order valence-electron chi connectivity index (χ0n) is 19.9. The Hall–Kier alpha value is -3.19. The summed E-state index contributed by atoms with van der Waals surface area (Å²) < 4.78 is 37.0. The number of hydrogen-bond donors (Lipinski definition) is 0. The van der Waals surface area contributed by atoms with Crippen LogP contribution in [0.4, 0.5) is 8.92 Å². The van der Waals surface area contributed by atoms with Crippen molar-refractivity contribution >= 4 is 11.1 Å². The zero-order chi connectivity index (χ0) is 24.2. The second-order valence-electron chi connectivity index (χ2n) is 9.29. The number of likely N-dealkylation sites (tertiary alicyclic amines) is 1. The van der Waals surface area contributed by atoms with E-state index in [1.165, 1.54) is 5.57 Å². The Balaban J connectivity index is 1.46. The van der Waals surface area contributed by atoms with Gasteiger partial charge in [0.25, 0.3) is 0 Å². The molecule has 5 rings (SSSR count). The molecule has 1 saturated heterocycles. The number of benzene rings is 2. The molecule has 0 spiro atoms. The van der Waals surface area contributed by atoms with E-state index in [0.29, 0.717) is 6.42 Å². The summed E-state index contributed by atoms with van der Waals surface area (Å²) in [5, 5.41) is 4.01. The molecule has 2 aromatic carbocycles. The van der Waals surface area contributed by atoms with Gasteiger partial charge in [-0.15, -0.1) is 0 Å². The number of aromatic nitrogens is 1. The summed E-state index contributed by atoms with van der Waals surface area (Å²) >= 11 is 0. The SMILES string of the molecule is Cc1oncc1C1=C(c2ccc(O[C@H]3CCN(CCCF)C3)cc2)c2ccc(OF)cc2CCC1. The normalized spacial score (nSPS) is 18.4. The van der Waals surface area contributed by atoms with Crippen molar-refractivity contribution in [3.05, 3.63) is 76.7 Å². The van der Waals surface area contributed by atoms with Crippen LogP contribution in [0.2, 0.25) is 0 Å². The first-order chi connectivity index (χ1) is 17.2. The molecule has 0 radical (unpaired) electrons. The number of alkyl halides is 1. The lowest BCUT2D eigenvalue weighted by Gasteiger charge is -2.18. The Bertz CT molecular complexity index is 1190. The molecule has 0 saturated carbocycles. The van der Waals surface area contributed by atoms with E-state index in [4.69, 9.17) is 9.26 Å². The number of nitrogens with zero attached hydrogens (tertiary/aromatic N) is 2. The zero-order valence-corrected chi connectivity index (χ0v) is 19.9. The quantitative estimate of drug-likeness (QED) is 0.376. The Morgan fingerprint density at radius 2 is 1.91 bits per heavy atom. The molecule has 1 aromatic heterocycles. The van der Waals surface area contributed by atoms with Crippen LogP contribution in [0.5, 0.6) is 11.5 Å². The lowest BCUT2D eigenvalue weighted by molar-refractivity contribution is -0.00629. The largest absolute Gasteiger partial charge is 0.489 e. The van der Waals surface area contributed by atoms with Crippen LogP contribution in [0.15, 0.2) is 53.2 Å². The van der Waals surface area contributed by atoms with Crippen LogP contribution < -0.4 is 9.68 Å². The van der Waals surface area contributed by atoms with Crippen molar-refractivity contribution in [2.45, 2.75) is 45.1 Å². The highest BCUT2D eigenvalue weighted by atomic mass is 19.3. The van der Waals surface area contributed by atoms with Crippen molar-refractivity contribution in [3.8, 4) is 11.5 Å². The molecule has 2 aliphatic rings. The van der Waals surface area contributed by atoms with Gasteiger partial charge in [0.2, 0.25) is 0 Å². The topological polar surface area (TPSA) is 47.7 Å². The van der Waals surface area contributed by atoms with Crippen molar-refractivity contribution in [3.63, 3.8) is 0 Å². The minimum Gasteiger partial charge on any atom is -0.489 e. The number of hydrogen-bond acceptors (Lipinski definition) is 5. The number of fused-ring (bicyclic) bond motifs is 1. The molecule has 0 unspecified atom stereocenters. The molecule has 35 heavy (non-hydrogen) atoms. The van der Waals surface area contributed by atoms with Gasteiger partial charge >= 0.3 is 0 Å². The molecule has 7 heteroatoms. The van der Waals surface area contributed by atoms with Gasteiger partial charge in [-0.1, -0.05) is 23.4 Å². The Labute approximate surface area is 204 Å². The first-order valence-electron chi connectivity index (χ1n) is 12.3. The number of halogens is 2. The average Bonchev–Trinajstić information content (AvgIpc) is 3.47. The molecule has 184 valence electrons. The molecule has 3 aromatic rings. The molecular weight excluding hydrogens is 450 g/mol. The lowest BCUT2D eigenvalue weighted by Crippen LogP contribution is -2.26. The maximum atomic E-state index is 12.9. The van der Waals surface area contributed by atoms with Crippen LogP contribution in [0.1, 0.15) is 53.7 Å². The summed E-state index contributed by atoms with van der Waals surface area (Å²) in [5.41, 5.74) is 6.44. The van der Waals surface area contributed by atoms with Gasteiger partial charge in [-0.2, -0.15) is 0 Å². The second kappa shape index (κ2) is 10.6. The predicted molar refractivity (Wildman–Crippen MR) is 131 cm³/mol. The molecular formula is C28H30F2N2O3. The van der Waals surface area contributed by atoms with E-state index in [1.54, 1.807) is 18.3 Å². The summed E-state index contributed by atoms with van der Waals surface area (Å²) in [6, 6.07) is 13.6. The number of aryl methyl sites for hydroxylation is 2. The minimum atomic E-state index is -0.277. The van der Waals surface area contributed by atoms with Crippen molar-refractivity contribution < 1.29 is 23.1 Å². The van der Waals surface area contributed by atoms with E-state index in [-0.39, 0.29) is 18.5 Å². The molecule has 0 amide bonds. The highest BCUT2D eigenvalue weighted by molar-refractivity contribution is 6.00. The van der Waals surface area contributed by atoms with E-state index >= 15 is 0 Å². The predicted octanol–water partition coefficient (Wildman–Crippen LogP) is 6.35. The van der Waals surface area contributed by atoms with Crippen LogP contribution in [0.3, 0.4) is 0 Å². The fraction of sp³-hybridized carbons (Fsp3) is 0.393. The third-order valence-electron chi connectivity index (χ3n) is 6.97. The summed E-state index contributed by atoms with van der Waals surface area (Å²) in [6.45, 7) is 4.20. The third kappa shape index (κ3) is 5.10. The maximum Gasteiger partial charge on any atom is 0.172 e. The average molecular weight is 481 g/mol. The monoisotopic (exact) mass is 480 g/mol. The fourth-order valence-corrected chi connectivity index (χ4v) is 5.27. The first kappa shape index (κ1) is 23.5. The van der Waals surface area contributed by atoms with E-state index in [0.717, 1.165) is 84.7 Å². The van der Waals surface area contributed by atoms with Gasteiger partial charge in [-0.25, -0.2) is 0 Å². The molecule has 5 nitrogen and oxygen atoms in total. The van der Waals surface area contributed by atoms with E-state index in [1.807, 2.05) is 25.1 Å². The summed E-state index contributed by atoms with van der Waals surface area (Å²) in [6.07, 6.45) is 6.02. The summed E-state index contributed by atoms with van der Waals surface area (Å²) in [5.74, 6) is 1.82. The van der Waals surface area contributed by atoms with E-state index < -0.39 is 0 Å². The first-order valence-corrected chi connectivity index (χ1v) is 12.3. The Morgan fingerprint density at radius 3 is 2.66 bits per heavy atom. The van der Waals surface area contributed by atoms with Crippen LogP contribution >= 0.6 is 0 Å². The van der Waals surface area contributed by atoms with Gasteiger partial charge in [-0.05, 0) is 91.1 Å². The van der Waals surface area contributed by atoms with Crippen molar-refractivity contribution in [1.29, 1.82) is 0 Å². The van der Waals surface area contributed by atoms with Crippen LogP contribution in [0.25, 0.3) is 11.1 Å². The van der Waals surface area contributed by atoms with E-state index in [9.17, 15) is 8.92 Å². The number of ether oxygens (including phenoxy) is 1. The number of allylic oxidation sites excluding steroid dienone is 1. The molecule has 1 atom stereocenters. The van der Waals surface area contributed by atoms with Gasteiger partial charge in [0, 0.05) is 29.7 Å². The second-order valence-corrected chi connectivity index (χ2v) is 9.29.